The summed E-state index contributed by atoms with van der Waals surface area (Å²) in [7, 11) is 0. The smallest absolute Gasteiger partial charge is 0.241 e. The van der Waals surface area contributed by atoms with Crippen LogP contribution in [0.3, 0.4) is 0 Å². The van der Waals surface area contributed by atoms with Crippen LogP contribution in [0.15, 0.2) is 18.2 Å². The van der Waals surface area contributed by atoms with E-state index in [9.17, 15) is 9.18 Å². The van der Waals surface area contributed by atoms with Crippen molar-refractivity contribution in [2.75, 3.05) is 38.0 Å². The van der Waals surface area contributed by atoms with E-state index in [0.717, 1.165) is 32.7 Å². The van der Waals surface area contributed by atoms with Crippen LogP contribution in [0.1, 0.15) is 19.4 Å². The Morgan fingerprint density at radius 1 is 1.33 bits per heavy atom. The van der Waals surface area contributed by atoms with Crippen molar-refractivity contribution in [3.8, 4) is 0 Å². The van der Waals surface area contributed by atoms with Gasteiger partial charge in [0, 0.05) is 31.9 Å². The summed E-state index contributed by atoms with van der Waals surface area (Å²) in [6, 6.07) is 4.58. The first kappa shape index (κ1) is 15.9. The molecule has 0 aromatic heterocycles. The molecule has 1 aliphatic rings. The van der Waals surface area contributed by atoms with Crippen LogP contribution in [0.5, 0.6) is 0 Å². The number of amides is 1. The molecule has 1 aromatic carbocycles. The van der Waals surface area contributed by atoms with Gasteiger partial charge in [-0.15, -0.1) is 0 Å². The van der Waals surface area contributed by atoms with E-state index in [4.69, 9.17) is 0 Å². The number of rotatable bonds is 4. The van der Waals surface area contributed by atoms with E-state index in [-0.39, 0.29) is 17.8 Å². The Morgan fingerprint density at radius 2 is 2.00 bits per heavy atom. The van der Waals surface area contributed by atoms with E-state index in [0.29, 0.717) is 11.3 Å². The van der Waals surface area contributed by atoms with Gasteiger partial charge in [0.05, 0.1) is 6.04 Å². The molecule has 1 fully saturated rings. The van der Waals surface area contributed by atoms with Crippen molar-refractivity contribution in [1.82, 2.24) is 9.80 Å². The van der Waals surface area contributed by atoms with Gasteiger partial charge in [0.25, 0.3) is 0 Å². The van der Waals surface area contributed by atoms with Crippen molar-refractivity contribution in [3.63, 3.8) is 0 Å². The molecule has 1 saturated heterocycles. The minimum Gasteiger partial charge on any atom is -0.325 e. The standard InChI is InChI=1S/C16H24FN3O/c1-4-19-7-9-20(10-8-19)13(3)16(21)18-14-6-5-12(2)15(17)11-14/h5-6,11,13H,4,7-10H2,1-3H3,(H,18,21)/t13-/m1/s1. The number of carbonyl (C=O) groups is 1. The molecule has 0 radical (unpaired) electrons. The molecule has 4 nitrogen and oxygen atoms in total. The number of carbonyl (C=O) groups excluding carboxylic acids is 1. The maximum Gasteiger partial charge on any atom is 0.241 e. The highest BCUT2D eigenvalue weighted by atomic mass is 19.1. The predicted molar refractivity (Wildman–Crippen MR) is 82.9 cm³/mol. The number of anilines is 1. The summed E-state index contributed by atoms with van der Waals surface area (Å²) in [5.41, 5.74) is 1.10. The molecule has 1 aromatic rings. The van der Waals surface area contributed by atoms with Gasteiger partial charge < -0.3 is 10.2 Å². The van der Waals surface area contributed by atoms with Gasteiger partial charge in [-0.3, -0.25) is 9.69 Å². The Morgan fingerprint density at radius 3 is 2.57 bits per heavy atom. The van der Waals surface area contributed by atoms with Gasteiger partial charge >= 0.3 is 0 Å². The van der Waals surface area contributed by atoms with Crippen LogP contribution in [0, 0.1) is 12.7 Å². The zero-order chi connectivity index (χ0) is 15.4. The van der Waals surface area contributed by atoms with Gasteiger partial charge in [-0.1, -0.05) is 13.0 Å². The fraction of sp³-hybridized carbons (Fsp3) is 0.562. The van der Waals surface area contributed by atoms with Crippen molar-refractivity contribution in [2.45, 2.75) is 26.8 Å². The van der Waals surface area contributed by atoms with Crippen molar-refractivity contribution >= 4 is 11.6 Å². The largest absolute Gasteiger partial charge is 0.325 e. The van der Waals surface area contributed by atoms with Gasteiger partial charge in [-0.2, -0.15) is 0 Å². The third-order valence-corrected chi connectivity index (χ3v) is 4.22. The Hall–Kier alpha value is -1.46. The molecular weight excluding hydrogens is 269 g/mol. The number of aryl methyl sites for hydroxylation is 1. The third-order valence-electron chi connectivity index (χ3n) is 4.22. The zero-order valence-corrected chi connectivity index (χ0v) is 13.0. The van der Waals surface area contributed by atoms with Gasteiger partial charge in [0.15, 0.2) is 0 Å². The number of hydrogen-bond donors (Lipinski definition) is 1. The monoisotopic (exact) mass is 293 g/mol. The molecular formula is C16H24FN3O. The normalized spacial score (nSPS) is 18.5. The number of likely N-dealkylation sites (N-methyl/N-ethyl adjacent to an activating group) is 1. The van der Waals surface area contributed by atoms with Crippen molar-refractivity contribution in [1.29, 1.82) is 0 Å². The predicted octanol–water partition coefficient (Wildman–Crippen LogP) is 2.10. The lowest BCUT2D eigenvalue weighted by molar-refractivity contribution is -0.121. The number of hydrogen-bond acceptors (Lipinski definition) is 3. The molecule has 1 heterocycles. The quantitative estimate of drug-likeness (QED) is 0.923. The Bertz CT molecular complexity index is 498. The highest BCUT2D eigenvalue weighted by molar-refractivity contribution is 5.94. The maximum atomic E-state index is 13.5. The third kappa shape index (κ3) is 4.02. The molecule has 1 N–H and O–H groups in total. The molecule has 21 heavy (non-hydrogen) atoms. The highest BCUT2D eigenvalue weighted by Gasteiger charge is 2.25. The fourth-order valence-electron chi connectivity index (χ4n) is 2.55. The van der Waals surface area contributed by atoms with Crippen LogP contribution < -0.4 is 5.32 Å². The van der Waals surface area contributed by atoms with Crippen LogP contribution >= 0.6 is 0 Å². The second-order valence-electron chi connectivity index (χ2n) is 5.60. The first-order chi connectivity index (χ1) is 10.0. The molecule has 0 saturated carbocycles. The first-order valence-corrected chi connectivity index (χ1v) is 7.54. The molecule has 0 bridgehead atoms. The molecule has 0 spiro atoms. The zero-order valence-electron chi connectivity index (χ0n) is 13.0. The van der Waals surface area contributed by atoms with E-state index >= 15 is 0 Å². The second-order valence-corrected chi connectivity index (χ2v) is 5.60. The minimum absolute atomic E-state index is 0.0804. The number of halogens is 1. The number of nitrogens with one attached hydrogen (secondary N) is 1. The van der Waals surface area contributed by atoms with Crippen molar-refractivity contribution in [3.05, 3.63) is 29.6 Å². The van der Waals surface area contributed by atoms with Gasteiger partial charge in [-0.05, 0) is 38.1 Å². The fourth-order valence-corrected chi connectivity index (χ4v) is 2.55. The molecule has 2 rings (SSSR count). The number of nitrogens with zero attached hydrogens (tertiary/aromatic N) is 2. The molecule has 1 aliphatic heterocycles. The van der Waals surface area contributed by atoms with E-state index in [1.54, 1.807) is 19.1 Å². The first-order valence-electron chi connectivity index (χ1n) is 7.54. The van der Waals surface area contributed by atoms with E-state index < -0.39 is 0 Å². The molecule has 116 valence electrons. The Balaban J connectivity index is 1.92. The lowest BCUT2D eigenvalue weighted by Gasteiger charge is -2.36. The summed E-state index contributed by atoms with van der Waals surface area (Å²) in [5, 5.41) is 2.80. The average Bonchev–Trinajstić information content (AvgIpc) is 2.50. The maximum absolute atomic E-state index is 13.5. The minimum atomic E-state index is -0.294. The summed E-state index contributed by atoms with van der Waals surface area (Å²) >= 11 is 0. The number of piperazine rings is 1. The summed E-state index contributed by atoms with van der Waals surface area (Å²) < 4.78 is 13.5. The summed E-state index contributed by atoms with van der Waals surface area (Å²) in [6.07, 6.45) is 0. The molecule has 0 unspecified atom stereocenters. The van der Waals surface area contributed by atoms with E-state index in [2.05, 4.69) is 22.0 Å². The van der Waals surface area contributed by atoms with Crippen LogP contribution in [0.25, 0.3) is 0 Å². The Kier molecular flexibility index (Phi) is 5.31. The van der Waals surface area contributed by atoms with Gasteiger partial charge in [0.2, 0.25) is 5.91 Å². The topological polar surface area (TPSA) is 35.6 Å². The molecule has 1 atom stereocenters. The van der Waals surface area contributed by atoms with Crippen LogP contribution in [0.2, 0.25) is 0 Å². The Labute approximate surface area is 125 Å². The van der Waals surface area contributed by atoms with Crippen LogP contribution in [-0.4, -0.2) is 54.5 Å². The lowest BCUT2D eigenvalue weighted by atomic mass is 10.2. The van der Waals surface area contributed by atoms with Crippen LogP contribution in [-0.2, 0) is 4.79 Å². The molecule has 5 heteroatoms. The van der Waals surface area contributed by atoms with E-state index in [1.807, 2.05) is 6.92 Å². The van der Waals surface area contributed by atoms with Crippen LogP contribution in [0.4, 0.5) is 10.1 Å². The summed E-state index contributed by atoms with van der Waals surface area (Å²) in [4.78, 5) is 16.8. The molecule has 1 amide bonds. The average molecular weight is 293 g/mol. The summed E-state index contributed by atoms with van der Waals surface area (Å²) in [6.45, 7) is 10.6. The van der Waals surface area contributed by atoms with Gasteiger partial charge in [0.1, 0.15) is 5.82 Å². The van der Waals surface area contributed by atoms with Gasteiger partial charge in [-0.25, -0.2) is 4.39 Å². The second kappa shape index (κ2) is 7.00. The number of benzene rings is 1. The highest BCUT2D eigenvalue weighted by Crippen LogP contribution is 2.15. The van der Waals surface area contributed by atoms with Crippen molar-refractivity contribution < 1.29 is 9.18 Å². The SMILES string of the molecule is CCN1CCN([C@H](C)C(=O)Nc2ccc(C)c(F)c2)CC1. The lowest BCUT2D eigenvalue weighted by Crippen LogP contribution is -2.52. The van der Waals surface area contributed by atoms with Crippen molar-refractivity contribution in [2.24, 2.45) is 0 Å². The van der Waals surface area contributed by atoms with E-state index in [1.165, 1.54) is 6.07 Å². The molecule has 0 aliphatic carbocycles. The summed E-state index contributed by atoms with van der Waals surface area (Å²) in [5.74, 6) is -0.375.